The summed E-state index contributed by atoms with van der Waals surface area (Å²) in [7, 11) is 4.07. The van der Waals surface area contributed by atoms with Gasteiger partial charge < -0.3 is 15.5 Å². The molecule has 0 radical (unpaired) electrons. The summed E-state index contributed by atoms with van der Waals surface area (Å²) < 4.78 is 0. The van der Waals surface area contributed by atoms with Crippen LogP contribution in [0.4, 0.5) is 17.6 Å². The summed E-state index contributed by atoms with van der Waals surface area (Å²) in [5.74, 6) is 1.41. The van der Waals surface area contributed by atoms with Crippen molar-refractivity contribution < 1.29 is 0 Å². The highest BCUT2D eigenvalue weighted by Gasteiger charge is 2.12. The molecular weight excluding hydrogens is 433 g/mol. The predicted octanol–water partition coefficient (Wildman–Crippen LogP) is 4.75. The Morgan fingerprint density at radius 1 is 0.968 bits per heavy atom. The number of halogens is 2. The molecule has 9 heteroatoms. The van der Waals surface area contributed by atoms with E-state index in [1.54, 1.807) is 42.5 Å². The average molecular weight is 456 g/mol. The van der Waals surface area contributed by atoms with Crippen LogP contribution in [0.1, 0.15) is 23.4 Å². The predicted molar refractivity (Wildman–Crippen MR) is 125 cm³/mol. The largest absolute Gasteiger partial charge is 0.354 e. The number of hydrogen-bond donors (Lipinski definition) is 2. The highest BCUT2D eigenvalue weighted by atomic mass is 35.5. The maximum atomic E-state index is 8.98. The van der Waals surface area contributed by atoms with Crippen LogP contribution < -0.4 is 10.6 Å². The summed E-state index contributed by atoms with van der Waals surface area (Å²) in [6.07, 6.45) is 1.32. The Kier molecular flexibility index (Phi) is 8.01. The number of nitrogens with one attached hydrogen (secondary N) is 2. The van der Waals surface area contributed by atoms with Crippen LogP contribution in [0.5, 0.6) is 0 Å². The molecule has 0 aliphatic carbocycles. The Morgan fingerprint density at radius 2 is 1.65 bits per heavy atom. The van der Waals surface area contributed by atoms with E-state index >= 15 is 0 Å². The molecule has 0 atom stereocenters. The van der Waals surface area contributed by atoms with Crippen molar-refractivity contribution in [1.29, 1.82) is 5.26 Å². The maximum Gasteiger partial charge on any atom is 0.232 e. The first kappa shape index (κ1) is 22.8. The summed E-state index contributed by atoms with van der Waals surface area (Å²) in [6, 6.07) is 14.6. The van der Waals surface area contributed by atoms with Crippen molar-refractivity contribution in [2.24, 2.45) is 0 Å². The zero-order valence-electron chi connectivity index (χ0n) is 17.4. The molecule has 0 saturated carbocycles. The lowest BCUT2D eigenvalue weighted by atomic mass is 10.1. The van der Waals surface area contributed by atoms with E-state index in [2.05, 4.69) is 36.6 Å². The minimum atomic E-state index is 0.370. The van der Waals surface area contributed by atoms with Gasteiger partial charge in [-0.25, -0.2) is 0 Å². The molecule has 3 rings (SSSR count). The molecule has 0 spiro atoms. The summed E-state index contributed by atoms with van der Waals surface area (Å²) in [4.78, 5) is 15.7. The second-order valence-corrected chi connectivity index (χ2v) is 7.99. The van der Waals surface area contributed by atoms with Gasteiger partial charge in [0.05, 0.1) is 11.6 Å². The zero-order chi connectivity index (χ0) is 22.2. The normalized spacial score (nSPS) is 10.7. The van der Waals surface area contributed by atoms with E-state index in [1.165, 1.54) is 0 Å². The van der Waals surface area contributed by atoms with Gasteiger partial charge in [0.25, 0.3) is 0 Å². The topological polar surface area (TPSA) is 89.8 Å². The van der Waals surface area contributed by atoms with E-state index < -0.39 is 0 Å². The Hall–Kier alpha value is -2.92. The van der Waals surface area contributed by atoms with E-state index in [-0.39, 0.29) is 0 Å². The first-order chi connectivity index (χ1) is 14.9. The fourth-order valence-electron chi connectivity index (χ4n) is 2.85. The molecule has 2 N–H and O–H groups in total. The van der Waals surface area contributed by atoms with Crippen molar-refractivity contribution >= 4 is 40.8 Å². The fourth-order valence-corrected chi connectivity index (χ4v) is 3.38. The molecule has 0 saturated heterocycles. The Morgan fingerprint density at radius 3 is 2.29 bits per heavy atom. The number of anilines is 3. The Labute approximate surface area is 192 Å². The van der Waals surface area contributed by atoms with Crippen LogP contribution in [0, 0.1) is 11.3 Å². The van der Waals surface area contributed by atoms with Crippen molar-refractivity contribution in [3.63, 3.8) is 0 Å². The van der Waals surface area contributed by atoms with E-state index in [1.807, 2.05) is 14.1 Å². The Bertz CT molecular complexity index is 1040. The van der Waals surface area contributed by atoms with Crippen LogP contribution in [0.25, 0.3) is 0 Å². The monoisotopic (exact) mass is 455 g/mol. The number of nitrogens with zero attached hydrogens (tertiary/aromatic N) is 5. The van der Waals surface area contributed by atoms with Crippen molar-refractivity contribution in [1.82, 2.24) is 19.9 Å². The standard InChI is InChI=1S/C22H23Cl2N7/c1-31(2)12-4-11-26-21-28-20(13-17-18(23)5-3-6-19(17)24)29-22(30-21)27-16-9-7-15(14-25)8-10-16/h3,5-10H,4,11-13H2,1-2H3,(H2,26,27,28,29,30). The van der Waals surface area contributed by atoms with Gasteiger partial charge in [-0.3, -0.25) is 0 Å². The van der Waals surface area contributed by atoms with Crippen LogP contribution in [0.3, 0.4) is 0 Å². The molecule has 160 valence electrons. The lowest BCUT2D eigenvalue weighted by Gasteiger charge is -2.13. The van der Waals surface area contributed by atoms with E-state index in [0.29, 0.717) is 39.8 Å². The van der Waals surface area contributed by atoms with Crippen LogP contribution in [-0.4, -0.2) is 47.0 Å². The molecule has 0 aliphatic heterocycles. The van der Waals surface area contributed by atoms with Crippen LogP contribution >= 0.6 is 23.2 Å². The van der Waals surface area contributed by atoms with Crippen molar-refractivity contribution in [2.45, 2.75) is 12.8 Å². The molecule has 7 nitrogen and oxygen atoms in total. The van der Waals surface area contributed by atoms with Crippen LogP contribution in [0.15, 0.2) is 42.5 Å². The fraction of sp³-hybridized carbons (Fsp3) is 0.273. The average Bonchev–Trinajstić information content (AvgIpc) is 2.74. The van der Waals surface area contributed by atoms with Crippen molar-refractivity contribution in [3.05, 3.63) is 69.5 Å². The first-order valence-electron chi connectivity index (χ1n) is 9.78. The van der Waals surface area contributed by atoms with Crippen molar-refractivity contribution in [3.8, 4) is 6.07 Å². The van der Waals surface area contributed by atoms with E-state index in [9.17, 15) is 0 Å². The molecule has 2 aromatic carbocycles. The van der Waals surface area contributed by atoms with Crippen LogP contribution in [-0.2, 0) is 6.42 Å². The summed E-state index contributed by atoms with van der Waals surface area (Å²) in [6.45, 7) is 1.68. The van der Waals surface area contributed by atoms with Gasteiger partial charge in [0.2, 0.25) is 11.9 Å². The highest BCUT2D eigenvalue weighted by Crippen LogP contribution is 2.26. The summed E-state index contributed by atoms with van der Waals surface area (Å²) >= 11 is 12.7. The minimum Gasteiger partial charge on any atom is -0.354 e. The summed E-state index contributed by atoms with van der Waals surface area (Å²) in [5.41, 5.74) is 2.11. The van der Waals surface area contributed by atoms with Gasteiger partial charge >= 0.3 is 0 Å². The van der Waals surface area contributed by atoms with Crippen LogP contribution in [0.2, 0.25) is 10.0 Å². The highest BCUT2D eigenvalue weighted by molar-refractivity contribution is 6.36. The third-order valence-electron chi connectivity index (χ3n) is 4.41. The quantitative estimate of drug-likeness (QED) is 0.449. The molecular formula is C22H23Cl2N7. The molecule has 0 aliphatic rings. The molecule has 3 aromatic rings. The SMILES string of the molecule is CN(C)CCCNc1nc(Cc2c(Cl)cccc2Cl)nc(Nc2ccc(C#N)cc2)n1. The zero-order valence-corrected chi connectivity index (χ0v) is 18.9. The second-order valence-electron chi connectivity index (χ2n) is 7.17. The van der Waals surface area contributed by atoms with E-state index in [4.69, 9.17) is 28.5 Å². The number of nitriles is 1. The van der Waals surface area contributed by atoms with Gasteiger partial charge in [0.15, 0.2) is 0 Å². The smallest absolute Gasteiger partial charge is 0.232 e. The molecule has 1 heterocycles. The van der Waals surface area contributed by atoms with Gasteiger partial charge in [-0.15, -0.1) is 0 Å². The number of aromatic nitrogens is 3. The third-order valence-corrected chi connectivity index (χ3v) is 5.12. The molecule has 0 amide bonds. The molecule has 31 heavy (non-hydrogen) atoms. The molecule has 0 unspecified atom stereocenters. The lowest BCUT2D eigenvalue weighted by molar-refractivity contribution is 0.405. The minimum absolute atomic E-state index is 0.370. The molecule has 1 aromatic heterocycles. The first-order valence-corrected chi connectivity index (χ1v) is 10.5. The Balaban J connectivity index is 1.84. The molecule has 0 bridgehead atoms. The maximum absolute atomic E-state index is 8.98. The van der Waals surface area contributed by atoms with E-state index in [0.717, 1.165) is 30.8 Å². The second kappa shape index (κ2) is 10.9. The number of rotatable bonds is 9. The van der Waals surface area contributed by atoms with Gasteiger partial charge in [-0.05, 0) is 69.0 Å². The van der Waals surface area contributed by atoms with Gasteiger partial charge in [-0.2, -0.15) is 20.2 Å². The molecule has 0 fully saturated rings. The van der Waals surface area contributed by atoms with Gasteiger partial charge in [0.1, 0.15) is 5.82 Å². The van der Waals surface area contributed by atoms with Gasteiger partial charge in [0, 0.05) is 28.7 Å². The lowest BCUT2D eigenvalue weighted by Crippen LogP contribution is -2.17. The van der Waals surface area contributed by atoms with Gasteiger partial charge in [-0.1, -0.05) is 29.3 Å². The summed E-state index contributed by atoms with van der Waals surface area (Å²) in [5, 5.41) is 16.5. The van der Waals surface area contributed by atoms with Crippen molar-refractivity contribution in [2.75, 3.05) is 37.8 Å². The number of benzene rings is 2. The third kappa shape index (κ3) is 6.79. The number of hydrogen-bond acceptors (Lipinski definition) is 7.